The molecule has 0 radical (unpaired) electrons. The molecule has 1 unspecified atom stereocenters. The van der Waals surface area contributed by atoms with Crippen LogP contribution in [-0.2, 0) is 0 Å². The summed E-state index contributed by atoms with van der Waals surface area (Å²) in [6.07, 6.45) is 4.35. The number of rotatable bonds is 3. The summed E-state index contributed by atoms with van der Waals surface area (Å²) in [6.45, 7) is 6.30. The van der Waals surface area contributed by atoms with Crippen LogP contribution >= 0.6 is 0 Å². The van der Waals surface area contributed by atoms with E-state index in [0.29, 0.717) is 6.54 Å². The summed E-state index contributed by atoms with van der Waals surface area (Å²) < 4.78 is 0. The van der Waals surface area contributed by atoms with Crippen molar-refractivity contribution in [1.82, 2.24) is 10.2 Å². The average Bonchev–Trinajstić information content (AvgIpc) is 2.30. The topological polar surface area (TPSA) is 58.4 Å². The molecule has 15 heavy (non-hydrogen) atoms. The van der Waals surface area contributed by atoms with Crippen LogP contribution in [0.25, 0.3) is 0 Å². The molecule has 1 aliphatic rings. The van der Waals surface area contributed by atoms with Crippen molar-refractivity contribution in [2.45, 2.75) is 45.1 Å². The minimum absolute atomic E-state index is 0.0458. The quantitative estimate of drug-likeness (QED) is 0.742. The van der Waals surface area contributed by atoms with Crippen LogP contribution in [0.2, 0.25) is 0 Å². The molecule has 4 nitrogen and oxygen atoms in total. The number of nitrogens with one attached hydrogen (secondary N) is 1. The van der Waals surface area contributed by atoms with Crippen molar-refractivity contribution >= 4 is 6.03 Å². The molecule has 0 spiro atoms. The number of nitrogens with zero attached hydrogens (tertiary/aromatic N) is 1. The van der Waals surface area contributed by atoms with Gasteiger partial charge in [-0.25, -0.2) is 4.79 Å². The first-order valence-electron chi connectivity index (χ1n) is 5.88. The molecule has 0 aromatic carbocycles. The summed E-state index contributed by atoms with van der Waals surface area (Å²) in [5, 5.41) is 3.02. The Bertz CT molecular complexity index is 208. The van der Waals surface area contributed by atoms with Crippen molar-refractivity contribution in [3.63, 3.8) is 0 Å². The van der Waals surface area contributed by atoms with Crippen molar-refractivity contribution in [3.05, 3.63) is 0 Å². The monoisotopic (exact) mass is 213 g/mol. The van der Waals surface area contributed by atoms with Gasteiger partial charge in [-0.05, 0) is 32.6 Å². The van der Waals surface area contributed by atoms with Crippen LogP contribution in [-0.4, -0.2) is 36.1 Å². The zero-order valence-electron chi connectivity index (χ0n) is 9.88. The van der Waals surface area contributed by atoms with Crippen molar-refractivity contribution < 1.29 is 4.79 Å². The van der Waals surface area contributed by atoms with Gasteiger partial charge in [-0.3, -0.25) is 0 Å². The fourth-order valence-corrected chi connectivity index (χ4v) is 1.72. The highest BCUT2D eigenvalue weighted by Crippen LogP contribution is 2.12. The summed E-state index contributed by atoms with van der Waals surface area (Å²) in [7, 11) is 0. The van der Waals surface area contributed by atoms with Crippen molar-refractivity contribution in [1.29, 1.82) is 0 Å². The number of carbonyl (C=O) groups is 1. The molecule has 2 amide bonds. The van der Waals surface area contributed by atoms with Gasteiger partial charge in [0, 0.05) is 19.6 Å². The standard InChI is InChI=1S/C11H23N3O/c1-3-11(2,9-12)13-10(15)14-7-5-4-6-8-14/h3-9,12H2,1-2H3,(H,13,15). The maximum atomic E-state index is 11.9. The SMILES string of the molecule is CCC(C)(CN)NC(=O)N1CCCCC1. The van der Waals surface area contributed by atoms with Gasteiger partial charge in [-0.2, -0.15) is 0 Å². The molecule has 1 rings (SSSR count). The van der Waals surface area contributed by atoms with Gasteiger partial charge in [-0.15, -0.1) is 0 Å². The molecule has 3 N–H and O–H groups in total. The van der Waals surface area contributed by atoms with Gasteiger partial charge in [0.25, 0.3) is 0 Å². The highest BCUT2D eigenvalue weighted by atomic mass is 16.2. The highest BCUT2D eigenvalue weighted by Gasteiger charge is 2.25. The lowest BCUT2D eigenvalue weighted by Crippen LogP contribution is -2.55. The predicted octanol–water partition coefficient (Wildman–Crippen LogP) is 1.31. The summed E-state index contributed by atoms with van der Waals surface area (Å²) in [5.74, 6) is 0. The molecular formula is C11H23N3O. The Labute approximate surface area is 92.2 Å². The van der Waals surface area contributed by atoms with E-state index in [0.717, 1.165) is 32.4 Å². The predicted molar refractivity (Wildman–Crippen MR) is 61.7 cm³/mol. The molecule has 0 saturated carbocycles. The summed E-state index contributed by atoms with van der Waals surface area (Å²) >= 11 is 0. The molecule has 0 bridgehead atoms. The van der Waals surface area contributed by atoms with Crippen LogP contribution in [0.5, 0.6) is 0 Å². The number of amides is 2. The van der Waals surface area contributed by atoms with Crippen LogP contribution < -0.4 is 11.1 Å². The van der Waals surface area contributed by atoms with E-state index >= 15 is 0 Å². The lowest BCUT2D eigenvalue weighted by Gasteiger charge is -2.33. The van der Waals surface area contributed by atoms with Crippen LogP contribution in [0.1, 0.15) is 39.5 Å². The van der Waals surface area contributed by atoms with E-state index in [1.165, 1.54) is 6.42 Å². The fourth-order valence-electron chi connectivity index (χ4n) is 1.72. The average molecular weight is 213 g/mol. The van der Waals surface area contributed by atoms with E-state index in [1.54, 1.807) is 0 Å². The van der Waals surface area contributed by atoms with Crippen LogP contribution in [0, 0.1) is 0 Å². The molecule has 1 fully saturated rings. The van der Waals surface area contributed by atoms with Crippen molar-refractivity contribution in [2.75, 3.05) is 19.6 Å². The fraction of sp³-hybridized carbons (Fsp3) is 0.909. The second-order valence-electron chi connectivity index (χ2n) is 4.60. The van der Waals surface area contributed by atoms with E-state index in [1.807, 2.05) is 18.7 Å². The summed E-state index contributed by atoms with van der Waals surface area (Å²) in [5.41, 5.74) is 5.41. The molecule has 1 saturated heterocycles. The second-order valence-corrected chi connectivity index (χ2v) is 4.60. The minimum Gasteiger partial charge on any atom is -0.332 e. The molecule has 0 aliphatic carbocycles. The third-order valence-corrected chi connectivity index (χ3v) is 3.28. The number of hydrogen-bond donors (Lipinski definition) is 2. The summed E-state index contributed by atoms with van der Waals surface area (Å²) in [6, 6.07) is 0.0458. The van der Waals surface area contributed by atoms with E-state index in [4.69, 9.17) is 5.73 Å². The third kappa shape index (κ3) is 3.38. The molecule has 88 valence electrons. The van der Waals surface area contributed by atoms with Crippen molar-refractivity contribution in [3.8, 4) is 0 Å². The molecule has 0 aromatic heterocycles. The number of piperidine rings is 1. The van der Waals surface area contributed by atoms with Gasteiger partial charge < -0.3 is 16.0 Å². The smallest absolute Gasteiger partial charge is 0.317 e. The molecular weight excluding hydrogens is 190 g/mol. The number of hydrogen-bond acceptors (Lipinski definition) is 2. The van der Waals surface area contributed by atoms with E-state index in [2.05, 4.69) is 5.32 Å². The highest BCUT2D eigenvalue weighted by molar-refractivity contribution is 5.75. The van der Waals surface area contributed by atoms with E-state index < -0.39 is 0 Å². The molecule has 1 heterocycles. The second kappa shape index (κ2) is 5.35. The Morgan fingerprint density at radius 2 is 2.00 bits per heavy atom. The lowest BCUT2D eigenvalue weighted by molar-refractivity contribution is 0.174. The van der Waals surface area contributed by atoms with E-state index in [9.17, 15) is 4.79 Å². The maximum absolute atomic E-state index is 11.9. The number of nitrogens with two attached hydrogens (primary N) is 1. The Balaban J connectivity index is 2.46. The molecule has 1 aliphatic heterocycles. The minimum atomic E-state index is -0.255. The molecule has 1 atom stereocenters. The van der Waals surface area contributed by atoms with Gasteiger partial charge in [0.05, 0.1) is 5.54 Å². The lowest BCUT2D eigenvalue weighted by atomic mass is 9.99. The number of carbonyl (C=O) groups excluding carboxylic acids is 1. The van der Waals surface area contributed by atoms with Crippen LogP contribution in [0.4, 0.5) is 4.79 Å². The number of likely N-dealkylation sites (tertiary alicyclic amines) is 1. The van der Waals surface area contributed by atoms with Gasteiger partial charge >= 0.3 is 6.03 Å². The third-order valence-electron chi connectivity index (χ3n) is 3.28. The Morgan fingerprint density at radius 1 is 1.40 bits per heavy atom. The zero-order chi connectivity index (χ0) is 11.3. The first-order valence-corrected chi connectivity index (χ1v) is 5.88. The maximum Gasteiger partial charge on any atom is 0.317 e. The Kier molecular flexibility index (Phi) is 4.39. The Morgan fingerprint density at radius 3 is 2.47 bits per heavy atom. The molecule has 0 aromatic rings. The van der Waals surface area contributed by atoms with Crippen LogP contribution in [0.3, 0.4) is 0 Å². The van der Waals surface area contributed by atoms with Gasteiger partial charge in [0.2, 0.25) is 0 Å². The first-order chi connectivity index (χ1) is 7.11. The first kappa shape index (κ1) is 12.3. The van der Waals surface area contributed by atoms with Gasteiger partial charge in [0.1, 0.15) is 0 Å². The normalized spacial score (nSPS) is 20.9. The Hall–Kier alpha value is -0.770. The van der Waals surface area contributed by atoms with Crippen molar-refractivity contribution in [2.24, 2.45) is 5.73 Å². The van der Waals surface area contributed by atoms with Crippen LogP contribution in [0.15, 0.2) is 0 Å². The van der Waals surface area contributed by atoms with E-state index in [-0.39, 0.29) is 11.6 Å². The molecule has 4 heteroatoms. The van der Waals surface area contributed by atoms with Gasteiger partial charge in [0.15, 0.2) is 0 Å². The largest absolute Gasteiger partial charge is 0.332 e. The summed E-state index contributed by atoms with van der Waals surface area (Å²) in [4.78, 5) is 13.8. The van der Waals surface area contributed by atoms with Gasteiger partial charge in [-0.1, -0.05) is 6.92 Å². The zero-order valence-corrected chi connectivity index (χ0v) is 9.88. The number of urea groups is 1.